The molecule has 0 saturated heterocycles. The number of nitrogens with zero attached hydrogens (tertiary/aromatic N) is 2. The molecule has 1 aliphatic rings. The fourth-order valence-electron chi connectivity index (χ4n) is 1.66. The second kappa shape index (κ2) is 4.45. The van der Waals surface area contributed by atoms with Crippen molar-refractivity contribution in [3.8, 4) is 0 Å². The van der Waals surface area contributed by atoms with E-state index in [0.29, 0.717) is 5.96 Å². The first-order chi connectivity index (χ1) is 8.12. The Balaban J connectivity index is 2.30. The summed E-state index contributed by atoms with van der Waals surface area (Å²) in [6, 6.07) is 9.86. The van der Waals surface area contributed by atoms with Crippen molar-refractivity contribution in [2.24, 2.45) is 21.6 Å². The van der Waals surface area contributed by atoms with Gasteiger partial charge in [-0.15, -0.1) is 0 Å². The summed E-state index contributed by atoms with van der Waals surface area (Å²) < 4.78 is 0. The third-order valence-corrected chi connectivity index (χ3v) is 2.67. The van der Waals surface area contributed by atoms with E-state index >= 15 is 0 Å². The summed E-state index contributed by atoms with van der Waals surface area (Å²) in [6.07, 6.45) is 1.58. The Bertz CT molecular complexity index is 437. The summed E-state index contributed by atoms with van der Waals surface area (Å²) >= 11 is 0. The maximum absolute atomic E-state index is 5.71. The van der Waals surface area contributed by atoms with Gasteiger partial charge in [0.2, 0.25) is 5.79 Å². The van der Waals surface area contributed by atoms with Gasteiger partial charge in [0, 0.05) is 11.6 Å². The Morgan fingerprint density at radius 3 is 2.59 bits per heavy atom. The molecular weight excluding hydrogens is 214 g/mol. The minimum Gasteiger partial charge on any atom is -0.370 e. The van der Waals surface area contributed by atoms with Crippen LogP contribution < -0.4 is 16.4 Å². The van der Waals surface area contributed by atoms with Gasteiger partial charge < -0.3 is 16.4 Å². The molecule has 5 nitrogen and oxygen atoms in total. The lowest BCUT2D eigenvalue weighted by Crippen LogP contribution is -2.48. The van der Waals surface area contributed by atoms with E-state index in [1.165, 1.54) is 0 Å². The Morgan fingerprint density at radius 1 is 1.29 bits per heavy atom. The monoisotopic (exact) mass is 231 g/mol. The molecule has 1 unspecified atom stereocenters. The summed E-state index contributed by atoms with van der Waals surface area (Å²) in [4.78, 5) is 8.77. The lowest BCUT2D eigenvalue weighted by molar-refractivity contribution is 0.368. The standard InChI is InChI=1S/C12H17N5/c1-9(2)12(15-8-14-11(13)17-12)16-10-6-4-3-5-7-10/h3-9,16H,1-2H3,(H3,13,14,15,17). The maximum atomic E-state index is 5.71. The molecule has 90 valence electrons. The zero-order valence-electron chi connectivity index (χ0n) is 10.0. The first kappa shape index (κ1) is 11.4. The van der Waals surface area contributed by atoms with E-state index in [4.69, 9.17) is 5.73 Å². The van der Waals surface area contributed by atoms with Crippen LogP contribution in [0.3, 0.4) is 0 Å². The molecule has 1 aliphatic heterocycles. The van der Waals surface area contributed by atoms with Crippen molar-refractivity contribution in [2.75, 3.05) is 5.32 Å². The van der Waals surface area contributed by atoms with Crippen molar-refractivity contribution < 1.29 is 0 Å². The number of nitrogens with two attached hydrogens (primary N) is 1. The van der Waals surface area contributed by atoms with Crippen LogP contribution >= 0.6 is 0 Å². The van der Waals surface area contributed by atoms with Gasteiger partial charge in [-0.05, 0) is 12.1 Å². The first-order valence-corrected chi connectivity index (χ1v) is 5.61. The number of benzene rings is 1. The molecule has 0 amide bonds. The van der Waals surface area contributed by atoms with Gasteiger partial charge in [0.1, 0.15) is 0 Å². The summed E-state index contributed by atoms with van der Waals surface area (Å²) in [5.74, 6) is -0.173. The highest BCUT2D eigenvalue weighted by Gasteiger charge is 2.34. The van der Waals surface area contributed by atoms with E-state index in [1.807, 2.05) is 30.3 Å². The number of rotatable bonds is 3. The minimum atomic E-state index is -0.726. The second-order valence-electron chi connectivity index (χ2n) is 4.27. The molecule has 0 aromatic heterocycles. The summed E-state index contributed by atoms with van der Waals surface area (Å²) in [6.45, 7) is 4.10. The van der Waals surface area contributed by atoms with Crippen molar-refractivity contribution >= 4 is 18.0 Å². The molecule has 1 aromatic rings. The van der Waals surface area contributed by atoms with Crippen molar-refractivity contribution in [1.82, 2.24) is 5.32 Å². The second-order valence-corrected chi connectivity index (χ2v) is 4.27. The average Bonchev–Trinajstić information content (AvgIpc) is 2.30. The molecule has 0 aliphatic carbocycles. The Morgan fingerprint density at radius 2 is 2.00 bits per heavy atom. The van der Waals surface area contributed by atoms with E-state index < -0.39 is 5.79 Å². The lowest BCUT2D eigenvalue weighted by atomic mass is 10.1. The number of nitrogens with one attached hydrogen (secondary N) is 2. The summed E-state index contributed by atoms with van der Waals surface area (Å²) in [5.41, 5.74) is 6.68. The summed E-state index contributed by atoms with van der Waals surface area (Å²) in [5, 5.41) is 6.09. The molecule has 4 N–H and O–H groups in total. The van der Waals surface area contributed by atoms with E-state index in [1.54, 1.807) is 6.34 Å². The molecule has 1 atom stereocenters. The number of anilines is 1. The third kappa shape index (κ3) is 2.38. The van der Waals surface area contributed by atoms with E-state index in [-0.39, 0.29) is 5.92 Å². The smallest absolute Gasteiger partial charge is 0.232 e. The van der Waals surface area contributed by atoms with Crippen LogP contribution in [-0.4, -0.2) is 18.1 Å². The van der Waals surface area contributed by atoms with Crippen molar-refractivity contribution in [3.63, 3.8) is 0 Å². The van der Waals surface area contributed by atoms with E-state index in [0.717, 1.165) is 5.69 Å². The molecular formula is C12H17N5. The Kier molecular flexibility index (Phi) is 2.99. The fourth-order valence-corrected chi connectivity index (χ4v) is 1.66. The number of guanidine groups is 1. The molecule has 5 heteroatoms. The van der Waals surface area contributed by atoms with Gasteiger partial charge in [0.05, 0.1) is 6.34 Å². The highest BCUT2D eigenvalue weighted by molar-refractivity contribution is 5.91. The van der Waals surface area contributed by atoms with Gasteiger partial charge >= 0.3 is 0 Å². The van der Waals surface area contributed by atoms with Crippen LogP contribution in [0.1, 0.15) is 13.8 Å². The first-order valence-electron chi connectivity index (χ1n) is 5.61. The molecule has 1 aromatic carbocycles. The minimum absolute atomic E-state index is 0.180. The number of hydrogen-bond acceptors (Lipinski definition) is 5. The number of para-hydroxylation sites is 1. The normalized spacial score (nSPS) is 23.1. The zero-order valence-corrected chi connectivity index (χ0v) is 10.0. The molecule has 0 spiro atoms. The lowest BCUT2D eigenvalue weighted by Gasteiger charge is -2.33. The van der Waals surface area contributed by atoms with Crippen LogP contribution in [0.5, 0.6) is 0 Å². The highest BCUT2D eigenvalue weighted by atomic mass is 15.4. The van der Waals surface area contributed by atoms with Crippen LogP contribution in [0, 0.1) is 5.92 Å². The average molecular weight is 231 g/mol. The van der Waals surface area contributed by atoms with Crippen molar-refractivity contribution in [3.05, 3.63) is 30.3 Å². The molecule has 0 bridgehead atoms. The quantitative estimate of drug-likeness (QED) is 0.735. The topological polar surface area (TPSA) is 74.8 Å². The van der Waals surface area contributed by atoms with Gasteiger partial charge in [-0.25, -0.2) is 9.98 Å². The van der Waals surface area contributed by atoms with Gasteiger partial charge in [-0.3, -0.25) is 0 Å². The van der Waals surface area contributed by atoms with Crippen molar-refractivity contribution in [2.45, 2.75) is 19.6 Å². The zero-order chi connectivity index (χ0) is 12.3. The van der Waals surface area contributed by atoms with Gasteiger partial charge in [-0.2, -0.15) is 0 Å². The van der Waals surface area contributed by atoms with Crippen LogP contribution in [-0.2, 0) is 0 Å². The third-order valence-electron chi connectivity index (χ3n) is 2.67. The van der Waals surface area contributed by atoms with Crippen LogP contribution in [0.25, 0.3) is 0 Å². The SMILES string of the molecule is CC(C)C1(Nc2ccccc2)N=CNC(N)=N1. The molecule has 17 heavy (non-hydrogen) atoms. The predicted octanol–water partition coefficient (Wildman–Crippen LogP) is 1.35. The van der Waals surface area contributed by atoms with E-state index in [2.05, 4.69) is 34.5 Å². The fraction of sp³-hybridized carbons (Fsp3) is 0.333. The largest absolute Gasteiger partial charge is 0.370 e. The molecule has 0 radical (unpaired) electrons. The molecule has 2 rings (SSSR count). The Hall–Kier alpha value is -2.04. The summed E-state index contributed by atoms with van der Waals surface area (Å²) in [7, 11) is 0. The molecule has 1 heterocycles. The van der Waals surface area contributed by atoms with Gasteiger partial charge in [0.25, 0.3) is 0 Å². The van der Waals surface area contributed by atoms with Crippen LogP contribution in [0.2, 0.25) is 0 Å². The predicted molar refractivity (Wildman–Crippen MR) is 70.9 cm³/mol. The molecule has 0 fully saturated rings. The highest BCUT2D eigenvalue weighted by Crippen LogP contribution is 2.26. The van der Waals surface area contributed by atoms with Gasteiger partial charge in [0.15, 0.2) is 5.96 Å². The number of hydrogen-bond donors (Lipinski definition) is 3. The van der Waals surface area contributed by atoms with Crippen molar-refractivity contribution in [1.29, 1.82) is 0 Å². The van der Waals surface area contributed by atoms with Gasteiger partial charge in [-0.1, -0.05) is 32.0 Å². The molecule has 0 saturated carbocycles. The maximum Gasteiger partial charge on any atom is 0.232 e. The van der Waals surface area contributed by atoms with E-state index in [9.17, 15) is 0 Å². The Labute approximate surface area is 101 Å². The van der Waals surface area contributed by atoms with Crippen LogP contribution in [0.4, 0.5) is 5.69 Å². The number of aliphatic imine (C=N–C) groups is 2. The van der Waals surface area contributed by atoms with Crippen LogP contribution in [0.15, 0.2) is 40.3 Å².